The average Bonchev–Trinajstić information content (AvgIpc) is 2.67. The number of aromatic nitrogens is 2. The summed E-state index contributed by atoms with van der Waals surface area (Å²) in [6.45, 7) is -0.894. The van der Waals surface area contributed by atoms with Gasteiger partial charge in [0.2, 0.25) is 0 Å². The van der Waals surface area contributed by atoms with Gasteiger partial charge in [-0.05, 0) is 24.3 Å². The fourth-order valence-electron chi connectivity index (χ4n) is 1.55. The van der Waals surface area contributed by atoms with Crippen LogP contribution in [0, 0.1) is 5.82 Å². The van der Waals surface area contributed by atoms with Crippen molar-refractivity contribution < 1.29 is 22.7 Å². The predicted molar refractivity (Wildman–Crippen MR) is 59.5 cm³/mol. The second-order valence-electron chi connectivity index (χ2n) is 3.66. The number of hydrogen-bond acceptors (Lipinski definition) is 2. The van der Waals surface area contributed by atoms with Crippen molar-refractivity contribution in [1.82, 2.24) is 9.78 Å². The Bertz CT molecular complexity index is 592. The molecule has 0 aliphatic rings. The maximum Gasteiger partial charge on any atom is 0.435 e. The summed E-state index contributed by atoms with van der Waals surface area (Å²) >= 11 is 5.76. The fourth-order valence-corrected chi connectivity index (χ4v) is 1.84. The van der Waals surface area contributed by atoms with E-state index in [2.05, 4.69) is 5.10 Å². The van der Waals surface area contributed by atoms with E-state index in [0.29, 0.717) is 0 Å². The molecule has 0 saturated heterocycles. The summed E-state index contributed by atoms with van der Waals surface area (Å²) in [7, 11) is 0. The second kappa shape index (κ2) is 4.82. The highest BCUT2D eigenvalue weighted by molar-refractivity contribution is 6.30. The van der Waals surface area contributed by atoms with E-state index >= 15 is 0 Å². The third-order valence-corrected chi connectivity index (χ3v) is 2.81. The Morgan fingerprint density at radius 3 is 2.21 bits per heavy atom. The van der Waals surface area contributed by atoms with Crippen LogP contribution in [0.1, 0.15) is 11.3 Å². The van der Waals surface area contributed by atoms with E-state index in [0.717, 1.165) is 16.8 Å². The Hall–Kier alpha value is -1.60. The molecule has 0 atom stereocenters. The first-order valence-electron chi connectivity index (χ1n) is 5.06. The molecule has 0 fully saturated rings. The molecular weight excluding hydrogens is 288 g/mol. The summed E-state index contributed by atoms with van der Waals surface area (Å²) in [5.41, 5.74) is -1.61. The summed E-state index contributed by atoms with van der Waals surface area (Å²) in [5.74, 6) is -0.537. The Morgan fingerprint density at radius 2 is 1.79 bits per heavy atom. The highest BCUT2D eigenvalue weighted by atomic mass is 35.5. The topological polar surface area (TPSA) is 38.1 Å². The van der Waals surface area contributed by atoms with Crippen LogP contribution in [0.2, 0.25) is 5.15 Å². The average molecular weight is 295 g/mol. The van der Waals surface area contributed by atoms with Gasteiger partial charge in [-0.1, -0.05) is 11.6 Å². The lowest BCUT2D eigenvalue weighted by atomic mass is 10.2. The summed E-state index contributed by atoms with van der Waals surface area (Å²) in [6, 6.07) is 4.60. The summed E-state index contributed by atoms with van der Waals surface area (Å²) in [5, 5.41) is 11.9. The predicted octanol–water partition coefficient (Wildman–Crippen LogP) is 3.18. The van der Waals surface area contributed by atoms with E-state index in [4.69, 9.17) is 16.7 Å². The van der Waals surface area contributed by atoms with Crippen molar-refractivity contribution in [2.75, 3.05) is 0 Å². The minimum atomic E-state index is -4.73. The van der Waals surface area contributed by atoms with Gasteiger partial charge in [0.15, 0.2) is 5.69 Å². The van der Waals surface area contributed by atoms with Gasteiger partial charge in [-0.25, -0.2) is 9.07 Å². The molecule has 0 saturated carbocycles. The van der Waals surface area contributed by atoms with Crippen LogP contribution >= 0.6 is 11.6 Å². The molecule has 1 N–H and O–H groups in total. The molecule has 1 heterocycles. The third-order valence-electron chi connectivity index (χ3n) is 2.42. The Kier molecular flexibility index (Phi) is 3.51. The van der Waals surface area contributed by atoms with Crippen LogP contribution in [-0.2, 0) is 12.8 Å². The molecule has 0 spiro atoms. The standard InChI is InChI=1S/C11H7ClF4N2O/c12-10-8(5-19)9(11(14,15)16)17-18(10)7-3-1-6(13)2-4-7/h1-4,19H,5H2. The molecule has 19 heavy (non-hydrogen) atoms. The highest BCUT2D eigenvalue weighted by Gasteiger charge is 2.38. The smallest absolute Gasteiger partial charge is 0.391 e. The van der Waals surface area contributed by atoms with Gasteiger partial charge in [0, 0.05) is 5.56 Å². The molecule has 0 radical (unpaired) electrons. The van der Waals surface area contributed by atoms with Crippen LogP contribution < -0.4 is 0 Å². The first-order chi connectivity index (χ1) is 8.84. The van der Waals surface area contributed by atoms with Gasteiger partial charge < -0.3 is 5.11 Å². The lowest BCUT2D eigenvalue weighted by Crippen LogP contribution is -2.09. The molecule has 1 aromatic carbocycles. The van der Waals surface area contributed by atoms with Gasteiger partial charge in [0.1, 0.15) is 11.0 Å². The van der Waals surface area contributed by atoms with Crippen molar-refractivity contribution in [2.24, 2.45) is 0 Å². The van der Waals surface area contributed by atoms with E-state index < -0.39 is 29.9 Å². The normalized spacial score (nSPS) is 11.9. The van der Waals surface area contributed by atoms with E-state index in [1.54, 1.807) is 0 Å². The van der Waals surface area contributed by atoms with E-state index in [-0.39, 0.29) is 10.8 Å². The summed E-state index contributed by atoms with van der Waals surface area (Å²) in [6.07, 6.45) is -4.73. The van der Waals surface area contributed by atoms with Gasteiger partial charge in [-0.3, -0.25) is 0 Å². The van der Waals surface area contributed by atoms with Crippen molar-refractivity contribution in [3.63, 3.8) is 0 Å². The van der Waals surface area contributed by atoms with Gasteiger partial charge in [-0.15, -0.1) is 0 Å². The Labute approximate surface area is 110 Å². The molecule has 3 nitrogen and oxygen atoms in total. The molecule has 2 rings (SSSR count). The van der Waals surface area contributed by atoms with Crippen LogP contribution in [0.25, 0.3) is 5.69 Å². The maximum atomic E-state index is 12.8. The molecule has 0 amide bonds. The van der Waals surface area contributed by atoms with E-state index in [1.165, 1.54) is 12.1 Å². The van der Waals surface area contributed by atoms with Crippen LogP contribution in [0.15, 0.2) is 24.3 Å². The van der Waals surface area contributed by atoms with Crippen LogP contribution in [0.3, 0.4) is 0 Å². The maximum absolute atomic E-state index is 12.8. The SMILES string of the molecule is OCc1c(C(F)(F)F)nn(-c2ccc(F)cc2)c1Cl. The molecular formula is C11H7ClF4N2O. The van der Waals surface area contributed by atoms with Crippen LogP contribution in [-0.4, -0.2) is 14.9 Å². The first kappa shape index (κ1) is 13.8. The molecule has 1 aromatic heterocycles. The molecule has 2 aromatic rings. The molecule has 0 aliphatic carbocycles. The third kappa shape index (κ3) is 2.57. The van der Waals surface area contributed by atoms with Gasteiger partial charge in [0.25, 0.3) is 0 Å². The monoisotopic (exact) mass is 294 g/mol. The minimum Gasteiger partial charge on any atom is -0.391 e. The largest absolute Gasteiger partial charge is 0.435 e. The second-order valence-corrected chi connectivity index (χ2v) is 4.02. The molecule has 0 aliphatic heterocycles. The number of alkyl halides is 3. The van der Waals surface area contributed by atoms with Gasteiger partial charge in [0.05, 0.1) is 12.3 Å². The van der Waals surface area contributed by atoms with Crippen molar-refractivity contribution in [1.29, 1.82) is 0 Å². The number of rotatable bonds is 2. The zero-order valence-electron chi connectivity index (χ0n) is 9.25. The Morgan fingerprint density at radius 1 is 1.21 bits per heavy atom. The zero-order chi connectivity index (χ0) is 14.2. The van der Waals surface area contributed by atoms with Crippen LogP contribution in [0.5, 0.6) is 0 Å². The molecule has 0 bridgehead atoms. The van der Waals surface area contributed by atoms with Crippen molar-refractivity contribution in [2.45, 2.75) is 12.8 Å². The fraction of sp³-hybridized carbons (Fsp3) is 0.182. The lowest BCUT2D eigenvalue weighted by molar-refractivity contribution is -0.142. The highest BCUT2D eigenvalue weighted by Crippen LogP contribution is 2.35. The number of benzene rings is 1. The van der Waals surface area contributed by atoms with Crippen molar-refractivity contribution in [3.05, 3.63) is 46.5 Å². The number of aliphatic hydroxyl groups is 1. The lowest BCUT2D eigenvalue weighted by Gasteiger charge is -2.03. The number of nitrogens with zero attached hydrogens (tertiary/aromatic N) is 2. The number of halogens is 5. The quantitative estimate of drug-likeness (QED) is 0.864. The Balaban J connectivity index is 2.59. The van der Waals surface area contributed by atoms with E-state index in [9.17, 15) is 17.6 Å². The van der Waals surface area contributed by atoms with Gasteiger partial charge >= 0.3 is 6.18 Å². The van der Waals surface area contributed by atoms with Crippen molar-refractivity contribution in [3.8, 4) is 5.69 Å². The zero-order valence-corrected chi connectivity index (χ0v) is 10.0. The molecule has 102 valence electrons. The molecule has 8 heteroatoms. The first-order valence-corrected chi connectivity index (χ1v) is 5.43. The van der Waals surface area contributed by atoms with Crippen molar-refractivity contribution >= 4 is 11.6 Å². The summed E-state index contributed by atoms with van der Waals surface area (Å²) in [4.78, 5) is 0. The summed E-state index contributed by atoms with van der Waals surface area (Å²) < 4.78 is 51.7. The van der Waals surface area contributed by atoms with Crippen LogP contribution in [0.4, 0.5) is 17.6 Å². The van der Waals surface area contributed by atoms with E-state index in [1.807, 2.05) is 0 Å². The number of hydrogen-bond donors (Lipinski definition) is 1. The molecule has 0 unspecified atom stereocenters. The number of aliphatic hydroxyl groups excluding tert-OH is 1. The minimum absolute atomic E-state index is 0.164. The van der Waals surface area contributed by atoms with Gasteiger partial charge in [-0.2, -0.15) is 18.3 Å².